The van der Waals surface area contributed by atoms with E-state index in [0.717, 1.165) is 36.4 Å². The molecule has 1 unspecified atom stereocenters. The average Bonchev–Trinajstić information content (AvgIpc) is 3.03. The Morgan fingerprint density at radius 2 is 1.66 bits per heavy atom. The van der Waals surface area contributed by atoms with Crippen LogP contribution in [0.25, 0.3) is 0 Å². The molecule has 0 saturated heterocycles. The summed E-state index contributed by atoms with van der Waals surface area (Å²) in [5, 5.41) is 3.82. The second-order valence-corrected chi connectivity index (χ2v) is 13.3. The van der Waals surface area contributed by atoms with Crippen LogP contribution in [0.15, 0.2) is 71.6 Å². The molecular weight excluding hydrogens is 625 g/mol. The third-order valence-electron chi connectivity index (χ3n) is 7.74. The Balaban J connectivity index is 1.75. The second-order valence-electron chi connectivity index (χ2n) is 10.6. The Kier molecular flexibility index (Phi) is 11.4. The highest BCUT2D eigenvalue weighted by molar-refractivity contribution is 7.92. The molecule has 0 aliphatic heterocycles. The molecule has 0 aromatic heterocycles. The van der Waals surface area contributed by atoms with Crippen molar-refractivity contribution in [2.24, 2.45) is 0 Å². The van der Waals surface area contributed by atoms with E-state index in [1.807, 2.05) is 0 Å². The zero-order chi connectivity index (χ0) is 31.9. The van der Waals surface area contributed by atoms with Gasteiger partial charge in [0.15, 0.2) is 0 Å². The largest absolute Gasteiger partial charge is 0.497 e. The van der Waals surface area contributed by atoms with Gasteiger partial charge in [-0.3, -0.25) is 13.9 Å². The van der Waals surface area contributed by atoms with E-state index in [1.54, 1.807) is 55.5 Å². The Bertz CT molecular complexity index is 1570. The number of hydrogen-bond donors (Lipinski definition) is 1. The van der Waals surface area contributed by atoms with E-state index in [2.05, 4.69) is 5.32 Å². The molecule has 3 aromatic rings. The van der Waals surface area contributed by atoms with E-state index in [1.165, 1.54) is 37.3 Å². The molecule has 0 bridgehead atoms. The zero-order valence-electron chi connectivity index (χ0n) is 25.0. The minimum Gasteiger partial charge on any atom is -0.497 e. The van der Waals surface area contributed by atoms with Gasteiger partial charge < -0.3 is 19.7 Å². The van der Waals surface area contributed by atoms with Crippen LogP contribution in [0.2, 0.25) is 10.0 Å². The van der Waals surface area contributed by atoms with E-state index in [9.17, 15) is 18.0 Å². The number of nitrogens with zero attached hydrogens (tertiary/aromatic N) is 2. The van der Waals surface area contributed by atoms with Crippen molar-refractivity contribution >= 4 is 50.7 Å². The fraction of sp³-hybridized carbons (Fsp3) is 0.375. The molecule has 0 spiro atoms. The zero-order valence-corrected chi connectivity index (χ0v) is 27.3. The number of methoxy groups -OCH3 is 2. The van der Waals surface area contributed by atoms with Crippen LogP contribution in [0.1, 0.15) is 44.6 Å². The maximum Gasteiger partial charge on any atom is 0.264 e. The normalized spacial score (nSPS) is 14.4. The molecular formula is C32H37Cl2N3O6S. The Morgan fingerprint density at radius 1 is 0.955 bits per heavy atom. The first-order chi connectivity index (χ1) is 21.0. The summed E-state index contributed by atoms with van der Waals surface area (Å²) in [5.41, 5.74) is 0.658. The summed E-state index contributed by atoms with van der Waals surface area (Å²) < 4.78 is 40.1. The molecule has 44 heavy (non-hydrogen) atoms. The lowest BCUT2D eigenvalue weighted by Crippen LogP contribution is -2.53. The highest BCUT2D eigenvalue weighted by Crippen LogP contribution is 2.36. The monoisotopic (exact) mass is 661 g/mol. The van der Waals surface area contributed by atoms with Crippen LogP contribution in [0.4, 0.5) is 5.69 Å². The van der Waals surface area contributed by atoms with Crippen molar-refractivity contribution in [3.8, 4) is 11.5 Å². The number of nitrogens with one attached hydrogen (secondary N) is 1. The van der Waals surface area contributed by atoms with Crippen LogP contribution in [-0.4, -0.2) is 58.0 Å². The number of halogens is 2. The summed E-state index contributed by atoms with van der Waals surface area (Å²) in [4.78, 5) is 29.1. The molecule has 1 aliphatic carbocycles. The number of carbonyl (C=O) groups is 2. The lowest BCUT2D eigenvalue weighted by molar-refractivity contribution is -0.139. The molecule has 4 rings (SSSR count). The SMILES string of the molecule is COc1ccc(OC)c(N(CC(=O)N(Cc2ccc(Cl)cc2Cl)C(C)C(=O)NC2CCCCC2)S(=O)(=O)c2ccccc2)c1. The lowest BCUT2D eigenvalue weighted by atomic mass is 9.95. The van der Waals surface area contributed by atoms with Gasteiger partial charge in [0, 0.05) is 28.7 Å². The van der Waals surface area contributed by atoms with E-state index >= 15 is 0 Å². The molecule has 12 heteroatoms. The third kappa shape index (κ3) is 7.97. The number of amides is 2. The van der Waals surface area contributed by atoms with Crippen molar-refractivity contribution in [1.29, 1.82) is 0 Å². The molecule has 3 aromatic carbocycles. The van der Waals surface area contributed by atoms with Crippen molar-refractivity contribution in [2.75, 3.05) is 25.1 Å². The van der Waals surface area contributed by atoms with Gasteiger partial charge in [-0.2, -0.15) is 0 Å². The Labute approximate surface area is 269 Å². The van der Waals surface area contributed by atoms with Crippen molar-refractivity contribution in [3.63, 3.8) is 0 Å². The number of sulfonamides is 1. The minimum atomic E-state index is -4.29. The molecule has 1 N–H and O–H groups in total. The summed E-state index contributed by atoms with van der Waals surface area (Å²) in [6.45, 7) is 0.942. The first-order valence-corrected chi connectivity index (χ1v) is 16.6. The van der Waals surface area contributed by atoms with Crippen LogP contribution in [0.3, 0.4) is 0 Å². The summed E-state index contributed by atoms with van der Waals surface area (Å²) >= 11 is 12.6. The van der Waals surface area contributed by atoms with E-state index in [-0.39, 0.29) is 34.8 Å². The van der Waals surface area contributed by atoms with Gasteiger partial charge in [-0.1, -0.05) is 66.7 Å². The average molecular weight is 663 g/mol. The van der Waals surface area contributed by atoms with Crippen molar-refractivity contribution in [3.05, 3.63) is 82.3 Å². The van der Waals surface area contributed by atoms with Gasteiger partial charge in [0.2, 0.25) is 11.8 Å². The maximum atomic E-state index is 14.3. The molecule has 9 nitrogen and oxygen atoms in total. The first kappa shape index (κ1) is 33.4. The van der Waals surface area contributed by atoms with Crippen LogP contribution in [-0.2, 0) is 26.2 Å². The first-order valence-electron chi connectivity index (χ1n) is 14.4. The van der Waals surface area contributed by atoms with Gasteiger partial charge in [-0.15, -0.1) is 0 Å². The molecule has 1 aliphatic rings. The fourth-order valence-electron chi connectivity index (χ4n) is 5.21. The number of benzene rings is 3. The van der Waals surface area contributed by atoms with Gasteiger partial charge >= 0.3 is 0 Å². The number of anilines is 1. The van der Waals surface area contributed by atoms with Crippen LogP contribution in [0, 0.1) is 0 Å². The summed E-state index contributed by atoms with van der Waals surface area (Å²) in [5.74, 6) is -0.363. The smallest absolute Gasteiger partial charge is 0.264 e. The predicted molar refractivity (Wildman–Crippen MR) is 172 cm³/mol. The maximum absolute atomic E-state index is 14.3. The van der Waals surface area contributed by atoms with E-state index in [0.29, 0.717) is 21.4 Å². The van der Waals surface area contributed by atoms with Crippen molar-refractivity contribution in [1.82, 2.24) is 10.2 Å². The van der Waals surface area contributed by atoms with Crippen LogP contribution >= 0.6 is 23.2 Å². The molecule has 1 saturated carbocycles. The number of ether oxygens (including phenoxy) is 2. The number of hydrogen-bond acceptors (Lipinski definition) is 6. The highest BCUT2D eigenvalue weighted by atomic mass is 35.5. The van der Waals surface area contributed by atoms with E-state index < -0.39 is 28.5 Å². The topological polar surface area (TPSA) is 105 Å². The van der Waals surface area contributed by atoms with Gasteiger partial charge in [0.05, 0.1) is 24.8 Å². The molecule has 1 atom stereocenters. The van der Waals surface area contributed by atoms with Crippen LogP contribution < -0.4 is 19.1 Å². The van der Waals surface area contributed by atoms with Gasteiger partial charge in [0.1, 0.15) is 24.1 Å². The van der Waals surface area contributed by atoms with Crippen molar-refractivity contribution in [2.45, 2.75) is 62.6 Å². The number of rotatable bonds is 12. The minimum absolute atomic E-state index is 0.0192. The molecule has 236 valence electrons. The number of carbonyl (C=O) groups excluding carboxylic acids is 2. The third-order valence-corrected chi connectivity index (χ3v) is 10.1. The predicted octanol–water partition coefficient (Wildman–Crippen LogP) is 6.07. The Hall–Kier alpha value is -3.47. The molecule has 2 amide bonds. The molecule has 0 heterocycles. The van der Waals surface area contributed by atoms with E-state index in [4.69, 9.17) is 32.7 Å². The summed E-state index contributed by atoms with van der Waals surface area (Å²) in [6.07, 6.45) is 4.91. The van der Waals surface area contributed by atoms with Crippen LogP contribution in [0.5, 0.6) is 11.5 Å². The van der Waals surface area contributed by atoms with Crippen molar-refractivity contribution < 1.29 is 27.5 Å². The standard InChI is InChI=1S/C32H37Cl2N3O6S/c1-22(32(39)35-25-10-6-4-7-11-25)36(20-23-14-15-24(33)18-28(23)34)31(38)21-37(44(40,41)27-12-8-5-9-13-27)29-19-26(42-2)16-17-30(29)43-3/h5,8-9,12-19,22,25H,4,6-7,10-11,20-21H2,1-3H3,(H,35,39). The molecule has 1 fully saturated rings. The second kappa shape index (κ2) is 15.0. The Morgan fingerprint density at radius 3 is 2.30 bits per heavy atom. The summed E-state index contributed by atoms with van der Waals surface area (Å²) in [7, 11) is -1.42. The van der Waals surface area contributed by atoms with Gasteiger partial charge in [-0.25, -0.2) is 8.42 Å². The lowest BCUT2D eigenvalue weighted by Gasteiger charge is -2.33. The molecule has 0 radical (unpaired) electrons. The fourth-order valence-corrected chi connectivity index (χ4v) is 7.12. The van der Waals surface area contributed by atoms with Gasteiger partial charge in [-0.05, 0) is 61.7 Å². The quantitative estimate of drug-likeness (QED) is 0.253. The highest BCUT2D eigenvalue weighted by Gasteiger charge is 2.35. The van der Waals surface area contributed by atoms with Gasteiger partial charge in [0.25, 0.3) is 10.0 Å². The summed E-state index contributed by atoms with van der Waals surface area (Å²) in [6, 6.07) is 16.4.